The minimum absolute atomic E-state index is 0.0124. The van der Waals surface area contributed by atoms with E-state index < -0.39 is 0 Å². The predicted molar refractivity (Wildman–Crippen MR) is 89.3 cm³/mol. The van der Waals surface area contributed by atoms with E-state index >= 15 is 0 Å². The van der Waals surface area contributed by atoms with Crippen molar-refractivity contribution in [1.82, 2.24) is 4.73 Å². The molecule has 0 fully saturated rings. The highest BCUT2D eigenvalue weighted by Crippen LogP contribution is 2.30. The molecule has 0 atom stereocenters. The van der Waals surface area contributed by atoms with Crippen molar-refractivity contribution in [2.75, 3.05) is 0 Å². The summed E-state index contributed by atoms with van der Waals surface area (Å²) in [5.74, 6) is 0. The molecule has 23 heavy (non-hydrogen) atoms. The first-order chi connectivity index (χ1) is 10.9. The van der Waals surface area contributed by atoms with Gasteiger partial charge in [0.25, 0.3) is 5.52 Å². The van der Waals surface area contributed by atoms with E-state index in [1.54, 1.807) is 30.3 Å². The molecule has 0 aliphatic rings. The summed E-state index contributed by atoms with van der Waals surface area (Å²) in [4.78, 5) is 12.5. The molecule has 0 aliphatic heterocycles. The first-order valence-corrected chi connectivity index (χ1v) is 7.41. The van der Waals surface area contributed by atoms with E-state index in [9.17, 15) is 15.4 Å². The summed E-state index contributed by atoms with van der Waals surface area (Å²) in [5.41, 5.74) is -0.0567. The van der Waals surface area contributed by atoms with Crippen molar-refractivity contribution in [3.05, 3.63) is 67.3 Å². The van der Waals surface area contributed by atoms with Gasteiger partial charge in [0.05, 0.1) is 14.5 Å². The molecule has 8 heteroatoms. The lowest BCUT2D eigenvalue weighted by molar-refractivity contribution is -0.467. The Hall–Kier alpha value is -2.26. The fraction of sp³-hybridized carbons (Fsp3) is 0. The first kappa shape index (κ1) is 15.6. The highest BCUT2D eigenvalue weighted by molar-refractivity contribution is 6.42. The molecule has 0 saturated carbocycles. The molecule has 2 aromatic carbocycles. The van der Waals surface area contributed by atoms with Gasteiger partial charge in [-0.3, -0.25) is 0 Å². The smallest absolute Gasteiger partial charge is 0.363 e. The van der Waals surface area contributed by atoms with E-state index in [0.29, 0.717) is 19.7 Å². The van der Waals surface area contributed by atoms with Crippen LogP contribution >= 0.6 is 34.8 Å². The lowest BCUT2D eigenvalue weighted by Gasteiger charge is -2.18. The average Bonchev–Trinajstić information content (AvgIpc) is 2.53. The van der Waals surface area contributed by atoms with Crippen molar-refractivity contribution < 1.29 is 4.43 Å². The standard InChI is InChI=1S/C15H6Cl3N3O2/c16-9-3-1-8(2-4-9)15-14(7-19)20(22)12-5-10(17)11(18)6-13(12)21(15)23/h1-6H. The summed E-state index contributed by atoms with van der Waals surface area (Å²) in [6.45, 7) is 0. The molecule has 1 aromatic heterocycles. The van der Waals surface area contributed by atoms with Crippen LogP contribution in [0.2, 0.25) is 15.1 Å². The first-order valence-electron chi connectivity index (χ1n) is 6.28. The van der Waals surface area contributed by atoms with Gasteiger partial charge in [-0.25, -0.2) is 0 Å². The molecule has 3 aromatic rings. The number of fused-ring (bicyclic) bond motifs is 1. The maximum atomic E-state index is 12.7. The van der Waals surface area contributed by atoms with Crippen molar-refractivity contribution in [1.29, 1.82) is 5.26 Å². The van der Waals surface area contributed by atoms with E-state index in [-0.39, 0.29) is 32.5 Å². The predicted octanol–water partition coefficient (Wildman–Crippen LogP) is 4.40. The molecule has 0 N–H and O–H groups in total. The van der Waals surface area contributed by atoms with Gasteiger partial charge in [-0.05, 0) is 18.2 Å². The molecule has 0 saturated heterocycles. The van der Waals surface area contributed by atoms with Crippen LogP contribution < -0.4 is 4.43 Å². The molecule has 114 valence electrons. The van der Waals surface area contributed by atoms with Crippen LogP contribution in [-0.2, 0) is 0 Å². The van der Waals surface area contributed by atoms with Crippen molar-refractivity contribution in [2.45, 2.75) is 0 Å². The van der Waals surface area contributed by atoms with E-state index in [2.05, 4.69) is 0 Å². The normalized spacial score (nSPS) is 10.7. The van der Waals surface area contributed by atoms with Crippen LogP contribution in [0.15, 0.2) is 36.4 Å². The molecule has 1 heterocycles. The number of hydrogen-bond donors (Lipinski definition) is 0. The molecule has 0 unspecified atom stereocenters. The number of halogens is 3. The number of nitriles is 1. The fourth-order valence-electron chi connectivity index (χ4n) is 2.24. The molecule has 3 rings (SSSR count). The number of aromatic nitrogens is 2. The third-order valence-electron chi connectivity index (χ3n) is 3.31. The third kappa shape index (κ3) is 2.51. The van der Waals surface area contributed by atoms with Crippen LogP contribution in [0.4, 0.5) is 0 Å². The molecule has 5 nitrogen and oxygen atoms in total. The topological polar surface area (TPSA) is 74.8 Å². The summed E-state index contributed by atoms with van der Waals surface area (Å²) < 4.78 is 0.865. The minimum Gasteiger partial charge on any atom is -0.805 e. The molecule has 0 spiro atoms. The second-order valence-electron chi connectivity index (χ2n) is 4.66. The van der Waals surface area contributed by atoms with Crippen LogP contribution in [-0.4, -0.2) is 4.73 Å². The van der Waals surface area contributed by atoms with E-state index in [4.69, 9.17) is 34.8 Å². The summed E-state index contributed by atoms with van der Waals surface area (Å²) in [6, 6.07) is 10.5. The number of rotatable bonds is 1. The highest BCUT2D eigenvalue weighted by Gasteiger charge is 2.24. The zero-order chi connectivity index (χ0) is 16.7. The summed E-state index contributed by atoms with van der Waals surface area (Å²) >= 11 is 17.6. The van der Waals surface area contributed by atoms with Crippen molar-refractivity contribution >= 4 is 45.8 Å². The van der Waals surface area contributed by atoms with Crippen molar-refractivity contribution in [3.63, 3.8) is 0 Å². The molecule has 0 radical (unpaired) electrons. The fourth-order valence-corrected chi connectivity index (χ4v) is 2.69. The van der Waals surface area contributed by atoms with Crippen molar-refractivity contribution in [2.24, 2.45) is 0 Å². The Morgan fingerprint density at radius 3 is 2.30 bits per heavy atom. The van der Waals surface area contributed by atoms with E-state index in [1.165, 1.54) is 12.1 Å². The second kappa shape index (κ2) is 5.74. The molecule has 0 aliphatic carbocycles. The summed E-state index contributed by atoms with van der Waals surface area (Å²) in [6.07, 6.45) is 0. The van der Waals surface area contributed by atoms with Gasteiger partial charge >= 0.3 is 5.69 Å². The summed E-state index contributed by atoms with van der Waals surface area (Å²) in [5, 5.41) is 22.7. The average molecular weight is 367 g/mol. The molecular weight excluding hydrogens is 361 g/mol. The maximum absolute atomic E-state index is 12.7. The van der Waals surface area contributed by atoms with Gasteiger partial charge in [0.2, 0.25) is 0 Å². The molecule has 0 bridgehead atoms. The highest BCUT2D eigenvalue weighted by atomic mass is 35.5. The Morgan fingerprint density at radius 1 is 1.09 bits per heavy atom. The Balaban J connectivity index is 2.49. The Kier molecular flexibility index (Phi) is 3.90. The molecule has 0 amide bonds. The maximum Gasteiger partial charge on any atom is 0.363 e. The monoisotopic (exact) mass is 365 g/mol. The Bertz CT molecular complexity index is 1040. The number of hydrogen-bond acceptors (Lipinski definition) is 3. The van der Waals surface area contributed by atoms with E-state index in [1.807, 2.05) is 0 Å². The van der Waals surface area contributed by atoms with Gasteiger partial charge in [0, 0.05) is 21.6 Å². The van der Waals surface area contributed by atoms with Crippen LogP contribution in [0.25, 0.3) is 22.3 Å². The van der Waals surface area contributed by atoms with Gasteiger partial charge in [0.1, 0.15) is 11.2 Å². The number of nitrogens with zero attached hydrogens (tertiary/aromatic N) is 3. The zero-order valence-electron chi connectivity index (χ0n) is 11.3. The Labute approximate surface area is 145 Å². The van der Waals surface area contributed by atoms with Crippen LogP contribution in [0.3, 0.4) is 0 Å². The lowest BCUT2D eigenvalue weighted by atomic mass is 10.1. The number of benzene rings is 2. The van der Waals surface area contributed by atoms with Crippen LogP contribution in [0, 0.1) is 21.4 Å². The van der Waals surface area contributed by atoms with E-state index in [0.717, 1.165) is 0 Å². The zero-order valence-corrected chi connectivity index (χ0v) is 13.5. The Morgan fingerprint density at radius 2 is 1.70 bits per heavy atom. The van der Waals surface area contributed by atoms with Crippen molar-refractivity contribution in [3.8, 4) is 17.3 Å². The summed E-state index contributed by atoms with van der Waals surface area (Å²) in [7, 11) is 0. The lowest BCUT2D eigenvalue weighted by Crippen LogP contribution is -2.24. The third-order valence-corrected chi connectivity index (χ3v) is 4.28. The van der Waals surface area contributed by atoms with Crippen LogP contribution in [0.1, 0.15) is 5.69 Å². The van der Waals surface area contributed by atoms with Gasteiger partial charge < -0.3 is 9.94 Å². The largest absolute Gasteiger partial charge is 0.805 e. The van der Waals surface area contributed by atoms with Gasteiger partial charge in [-0.1, -0.05) is 46.9 Å². The SMILES string of the molecule is N#Cc1c(-c2ccc(Cl)cc2)n([O-])c2cc(Cl)c(Cl)cc2[n+]1=O. The molecular formula is C15H6Cl3N3O2. The quantitative estimate of drug-likeness (QED) is 0.599. The second-order valence-corrected chi connectivity index (χ2v) is 5.91. The minimum atomic E-state index is -0.340. The van der Waals surface area contributed by atoms with Gasteiger partial charge in [-0.15, -0.1) is 0 Å². The van der Waals surface area contributed by atoms with Crippen LogP contribution in [0.5, 0.6) is 0 Å². The van der Waals surface area contributed by atoms with Gasteiger partial charge in [0.15, 0.2) is 6.07 Å². The van der Waals surface area contributed by atoms with Gasteiger partial charge in [-0.2, -0.15) is 5.26 Å².